The largest absolute Gasteiger partial charge is 0.471 e. The summed E-state index contributed by atoms with van der Waals surface area (Å²) in [6.07, 6.45) is -5.24. The van der Waals surface area contributed by atoms with Crippen molar-refractivity contribution in [1.82, 2.24) is 15.0 Å². The number of nitrogens with zero attached hydrogens (tertiary/aromatic N) is 3. The standard InChI is InChI=1S/C13H14F3N3O3S/c1-7(21-3)11(20)19(2)6-8-4-5-9(23-8)10-17-12(22-18-10)13(14,15)16/h4-5,7H,6H2,1-3H3. The Balaban J connectivity index is 2.09. The number of rotatable bonds is 5. The summed E-state index contributed by atoms with van der Waals surface area (Å²) >= 11 is 1.19. The number of hydrogen-bond donors (Lipinski definition) is 0. The molecule has 2 aromatic heterocycles. The molecule has 0 N–H and O–H groups in total. The lowest BCUT2D eigenvalue weighted by atomic mass is 10.3. The smallest absolute Gasteiger partial charge is 0.372 e. The van der Waals surface area contributed by atoms with Crippen molar-refractivity contribution in [3.63, 3.8) is 0 Å². The van der Waals surface area contributed by atoms with E-state index in [2.05, 4.69) is 14.7 Å². The van der Waals surface area contributed by atoms with Crippen LogP contribution in [0.3, 0.4) is 0 Å². The van der Waals surface area contributed by atoms with Gasteiger partial charge in [-0.25, -0.2) is 0 Å². The van der Waals surface area contributed by atoms with Crippen LogP contribution in [0.5, 0.6) is 0 Å². The molecule has 1 unspecified atom stereocenters. The summed E-state index contributed by atoms with van der Waals surface area (Å²) in [7, 11) is 3.06. The molecule has 0 bridgehead atoms. The maximum absolute atomic E-state index is 12.4. The van der Waals surface area contributed by atoms with Gasteiger partial charge in [-0.05, 0) is 19.1 Å². The fourth-order valence-corrected chi connectivity index (χ4v) is 2.73. The summed E-state index contributed by atoms with van der Waals surface area (Å²) in [5.74, 6) is -1.71. The average Bonchev–Trinajstić information content (AvgIpc) is 3.13. The Bertz CT molecular complexity index is 683. The van der Waals surface area contributed by atoms with Crippen molar-refractivity contribution in [3.05, 3.63) is 22.9 Å². The third-order valence-electron chi connectivity index (χ3n) is 3.02. The number of ether oxygens (including phenoxy) is 1. The highest BCUT2D eigenvalue weighted by atomic mass is 32.1. The molecule has 6 nitrogen and oxygen atoms in total. The van der Waals surface area contributed by atoms with Crippen LogP contribution in [-0.4, -0.2) is 41.2 Å². The van der Waals surface area contributed by atoms with Gasteiger partial charge in [0, 0.05) is 19.0 Å². The molecule has 0 fully saturated rings. The highest BCUT2D eigenvalue weighted by Gasteiger charge is 2.38. The minimum Gasteiger partial charge on any atom is -0.372 e. The van der Waals surface area contributed by atoms with E-state index in [0.29, 0.717) is 11.4 Å². The van der Waals surface area contributed by atoms with Gasteiger partial charge in [-0.1, -0.05) is 5.16 Å². The molecule has 0 radical (unpaired) electrons. The lowest BCUT2D eigenvalue weighted by molar-refractivity contribution is -0.159. The van der Waals surface area contributed by atoms with Crippen molar-refractivity contribution in [1.29, 1.82) is 0 Å². The molecule has 10 heteroatoms. The fourth-order valence-electron chi connectivity index (χ4n) is 1.74. The van der Waals surface area contributed by atoms with E-state index in [1.54, 1.807) is 26.1 Å². The van der Waals surface area contributed by atoms with E-state index in [9.17, 15) is 18.0 Å². The molecule has 0 aromatic carbocycles. The van der Waals surface area contributed by atoms with Crippen LogP contribution in [0.15, 0.2) is 16.7 Å². The van der Waals surface area contributed by atoms with Crippen molar-refractivity contribution < 1.29 is 27.2 Å². The van der Waals surface area contributed by atoms with Gasteiger partial charge in [-0.2, -0.15) is 18.2 Å². The quantitative estimate of drug-likeness (QED) is 0.830. The van der Waals surface area contributed by atoms with Gasteiger partial charge in [0.05, 0.1) is 11.4 Å². The van der Waals surface area contributed by atoms with E-state index in [1.165, 1.54) is 23.3 Å². The Kier molecular flexibility index (Phi) is 5.05. The molecule has 2 rings (SSSR count). The van der Waals surface area contributed by atoms with Crippen LogP contribution in [0.1, 0.15) is 17.7 Å². The maximum Gasteiger partial charge on any atom is 0.471 e. The Morgan fingerprint density at radius 1 is 1.48 bits per heavy atom. The highest BCUT2D eigenvalue weighted by molar-refractivity contribution is 7.15. The maximum atomic E-state index is 12.4. The minimum atomic E-state index is -4.67. The van der Waals surface area contributed by atoms with Gasteiger partial charge in [-0.15, -0.1) is 11.3 Å². The van der Waals surface area contributed by atoms with Crippen molar-refractivity contribution in [3.8, 4) is 10.7 Å². The second kappa shape index (κ2) is 6.67. The van der Waals surface area contributed by atoms with Crippen molar-refractivity contribution in [2.75, 3.05) is 14.2 Å². The normalized spacial score (nSPS) is 13.1. The number of alkyl halides is 3. The Morgan fingerprint density at radius 3 is 2.74 bits per heavy atom. The number of hydrogen-bond acceptors (Lipinski definition) is 6. The molecule has 2 heterocycles. The summed E-state index contributed by atoms with van der Waals surface area (Å²) in [6, 6.07) is 3.29. The van der Waals surface area contributed by atoms with Crippen LogP contribution < -0.4 is 0 Å². The summed E-state index contributed by atoms with van der Waals surface area (Å²) in [5.41, 5.74) is 0. The first-order valence-corrected chi connectivity index (χ1v) is 7.31. The first-order valence-electron chi connectivity index (χ1n) is 6.50. The highest BCUT2D eigenvalue weighted by Crippen LogP contribution is 2.31. The Morgan fingerprint density at radius 2 is 2.17 bits per heavy atom. The molecule has 0 aliphatic heterocycles. The zero-order valence-corrected chi connectivity index (χ0v) is 13.4. The fraction of sp³-hybridized carbons (Fsp3) is 0.462. The molecule has 0 saturated carbocycles. The van der Waals surface area contributed by atoms with E-state index in [-0.39, 0.29) is 11.7 Å². The Hall–Kier alpha value is -1.94. The number of carbonyl (C=O) groups is 1. The van der Waals surface area contributed by atoms with Gasteiger partial charge < -0.3 is 14.2 Å². The molecule has 2 aromatic rings. The molecular formula is C13H14F3N3O3S. The molecule has 0 saturated heterocycles. The molecular weight excluding hydrogens is 335 g/mol. The number of likely N-dealkylation sites (N-methyl/N-ethyl adjacent to an activating group) is 1. The van der Waals surface area contributed by atoms with Crippen LogP contribution in [-0.2, 0) is 22.3 Å². The first-order chi connectivity index (χ1) is 10.7. The second-order valence-corrected chi connectivity index (χ2v) is 5.93. The van der Waals surface area contributed by atoms with E-state index < -0.39 is 18.2 Å². The monoisotopic (exact) mass is 349 g/mol. The van der Waals surface area contributed by atoms with Crippen LogP contribution >= 0.6 is 11.3 Å². The predicted octanol–water partition coefficient (Wildman–Crippen LogP) is 2.81. The molecule has 23 heavy (non-hydrogen) atoms. The van der Waals surface area contributed by atoms with Crippen molar-refractivity contribution in [2.24, 2.45) is 0 Å². The zero-order chi connectivity index (χ0) is 17.2. The van der Waals surface area contributed by atoms with E-state index in [1.807, 2.05) is 0 Å². The number of amides is 1. The van der Waals surface area contributed by atoms with Gasteiger partial charge in [0.25, 0.3) is 5.91 Å². The lowest BCUT2D eigenvalue weighted by Gasteiger charge is -2.19. The van der Waals surface area contributed by atoms with Crippen LogP contribution in [0.25, 0.3) is 10.7 Å². The predicted molar refractivity (Wildman–Crippen MR) is 75.6 cm³/mol. The lowest BCUT2D eigenvalue weighted by Crippen LogP contribution is -2.35. The summed E-state index contributed by atoms with van der Waals surface area (Å²) in [4.78, 5) is 17.9. The van der Waals surface area contributed by atoms with E-state index in [0.717, 1.165) is 4.88 Å². The molecule has 0 aliphatic carbocycles. The summed E-state index contributed by atoms with van der Waals surface area (Å²) < 4.78 is 46.5. The average molecular weight is 349 g/mol. The van der Waals surface area contributed by atoms with Crippen LogP contribution in [0.4, 0.5) is 13.2 Å². The van der Waals surface area contributed by atoms with E-state index >= 15 is 0 Å². The molecule has 1 atom stereocenters. The van der Waals surface area contributed by atoms with Crippen LogP contribution in [0, 0.1) is 0 Å². The first kappa shape index (κ1) is 17.4. The molecule has 0 aliphatic rings. The van der Waals surface area contributed by atoms with Gasteiger partial charge >= 0.3 is 12.1 Å². The summed E-state index contributed by atoms with van der Waals surface area (Å²) in [6.45, 7) is 1.94. The van der Waals surface area contributed by atoms with Crippen molar-refractivity contribution in [2.45, 2.75) is 25.7 Å². The SMILES string of the molecule is COC(C)C(=O)N(C)Cc1ccc(-c2noc(C(F)(F)F)n2)s1. The topological polar surface area (TPSA) is 68.5 Å². The third kappa shape index (κ3) is 4.08. The van der Waals surface area contributed by atoms with E-state index in [4.69, 9.17) is 4.74 Å². The number of aromatic nitrogens is 2. The van der Waals surface area contributed by atoms with Gasteiger partial charge in [0.2, 0.25) is 5.82 Å². The second-order valence-electron chi connectivity index (χ2n) is 4.76. The zero-order valence-electron chi connectivity index (χ0n) is 12.5. The molecule has 1 amide bonds. The minimum absolute atomic E-state index is 0.132. The molecule has 126 valence electrons. The summed E-state index contributed by atoms with van der Waals surface area (Å²) in [5, 5.41) is 3.33. The van der Waals surface area contributed by atoms with Gasteiger partial charge in [-0.3, -0.25) is 4.79 Å². The van der Waals surface area contributed by atoms with Gasteiger partial charge in [0.1, 0.15) is 6.10 Å². The van der Waals surface area contributed by atoms with Crippen molar-refractivity contribution >= 4 is 17.2 Å². The molecule has 0 spiro atoms. The number of carbonyl (C=O) groups excluding carboxylic acids is 1. The number of methoxy groups -OCH3 is 1. The van der Waals surface area contributed by atoms with Crippen LogP contribution in [0.2, 0.25) is 0 Å². The Labute approximate surface area is 133 Å². The van der Waals surface area contributed by atoms with Gasteiger partial charge in [0.15, 0.2) is 0 Å². The third-order valence-corrected chi connectivity index (χ3v) is 4.09. The number of thiophene rings is 1. The number of halogens is 3.